The first-order valence-corrected chi connectivity index (χ1v) is 23.0. The molecule has 3 saturated carbocycles. The van der Waals surface area contributed by atoms with Crippen molar-refractivity contribution in [3.05, 3.63) is 117 Å². The average molecular weight is 830 g/mol. The molecule has 0 saturated heterocycles. The largest absolute Gasteiger partial charge is 0.325 e. The van der Waals surface area contributed by atoms with Crippen LogP contribution in [-0.4, -0.2) is 35.7 Å². The van der Waals surface area contributed by atoms with Gasteiger partial charge in [-0.25, -0.2) is 15.0 Å². The number of pyridine rings is 4. The zero-order chi connectivity index (χ0) is 37.5. The van der Waals surface area contributed by atoms with Crippen LogP contribution in [0, 0.1) is 11.3 Å². The van der Waals surface area contributed by atoms with Crippen LogP contribution in [0.2, 0.25) is 10.3 Å². The lowest BCUT2D eigenvalue weighted by molar-refractivity contribution is 0.886. The molecule has 7 rings (SSSR count). The number of nitriles is 1. The average Bonchev–Trinajstić information content (AvgIpc) is 4.03. The van der Waals surface area contributed by atoms with Crippen molar-refractivity contribution in [3.63, 3.8) is 0 Å². The molecule has 0 unspecified atom stereocenters. The molecule has 3 aliphatic rings. The Bertz CT molecular complexity index is 1590. The molecule has 53 heavy (non-hydrogen) atoms. The van der Waals surface area contributed by atoms with Gasteiger partial charge in [0.25, 0.3) is 0 Å². The maximum atomic E-state index is 8.61. The number of rotatable bonds is 11. The molecule has 4 heterocycles. The van der Waals surface area contributed by atoms with E-state index in [0.717, 1.165) is 44.3 Å². The lowest BCUT2D eigenvalue weighted by Crippen LogP contribution is -2.00. The molecule has 3 fully saturated rings. The van der Waals surface area contributed by atoms with E-state index in [4.69, 9.17) is 45.8 Å². The summed E-state index contributed by atoms with van der Waals surface area (Å²) in [6.45, 7) is 0.538. The van der Waals surface area contributed by atoms with Gasteiger partial charge in [-0.2, -0.15) is 40.5 Å². The van der Waals surface area contributed by atoms with Gasteiger partial charge in [0.2, 0.25) is 0 Å². The summed E-state index contributed by atoms with van der Waals surface area (Å²) >= 11 is 22.9. The van der Waals surface area contributed by atoms with Crippen LogP contribution in [0.25, 0.3) is 0 Å². The van der Waals surface area contributed by atoms with Gasteiger partial charge in [-0.1, -0.05) is 86.0 Å². The van der Waals surface area contributed by atoms with Crippen molar-refractivity contribution < 1.29 is 0 Å². The van der Waals surface area contributed by atoms with Gasteiger partial charge in [-0.3, -0.25) is 4.98 Å². The van der Waals surface area contributed by atoms with E-state index in [2.05, 4.69) is 55.6 Å². The van der Waals surface area contributed by atoms with Crippen LogP contribution in [0.1, 0.15) is 111 Å². The normalized spacial score (nSPS) is 15.8. The van der Waals surface area contributed by atoms with Crippen molar-refractivity contribution in [1.82, 2.24) is 19.9 Å². The number of hydrogen-bond acceptors (Lipinski definition) is 9. The highest BCUT2D eigenvalue weighted by Crippen LogP contribution is 2.33. The van der Waals surface area contributed by atoms with E-state index in [1.165, 1.54) is 93.7 Å². The fraction of sp³-hybridized carbons (Fsp3) is 0.488. The van der Waals surface area contributed by atoms with Gasteiger partial charge < -0.3 is 5.73 Å². The molecule has 2 N–H and O–H groups in total. The maximum Gasteiger partial charge on any atom is 0.140 e. The third-order valence-electron chi connectivity index (χ3n) is 9.13. The third kappa shape index (κ3) is 18.0. The van der Waals surface area contributed by atoms with Crippen LogP contribution in [0.15, 0.2) is 73.3 Å². The molecule has 12 heteroatoms. The zero-order valence-electron chi connectivity index (χ0n) is 30.4. The molecule has 0 bridgehead atoms. The Kier molecular flexibility index (Phi) is 21.4. The van der Waals surface area contributed by atoms with Gasteiger partial charge in [0.05, 0.1) is 5.69 Å². The Morgan fingerprint density at radius 2 is 0.962 bits per heavy atom. The number of nitrogens with two attached hydrogens (primary N) is 1. The second-order valence-corrected chi connectivity index (χ2v) is 18.2. The summed E-state index contributed by atoms with van der Waals surface area (Å²) in [7, 11) is 0. The molecule has 0 amide bonds. The number of alkyl halides is 1. The molecule has 0 spiro atoms. The lowest BCUT2D eigenvalue weighted by atomic mass is 10.3. The van der Waals surface area contributed by atoms with Gasteiger partial charge in [0.1, 0.15) is 22.1 Å². The molecule has 6 nitrogen and oxygen atoms in total. The van der Waals surface area contributed by atoms with E-state index >= 15 is 0 Å². The Balaban J connectivity index is 0.000000160. The summed E-state index contributed by atoms with van der Waals surface area (Å²) in [5.41, 5.74) is 11.8. The van der Waals surface area contributed by atoms with Gasteiger partial charge in [-0.15, -0.1) is 11.6 Å². The van der Waals surface area contributed by atoms with Crippen molar-refractivity contribution >= 4 is 70.1 Å². The molecule has 4 aromatic heterocycles. The molecular formula is C41H51Cl3N6S3. The number of nitrogens with zero attached hydrogens (tertiary/aromatic N) is 5. The van der Waals surface area contributed by atoms with Gasteiger partial charge >= 0.3 is 0 Å². The highest BCUT2D eigenvalue weighted by atomic mass is 35.5. The van der Waals surface area contributed by atoms with Crippen molar-refractivity contribution in [2.24, 2.45) is 5.73 Å². The Morgan fingerprint density at radius 3 is 1.28 bits per heavy atom. The van der Waals surface area contributed by atoms with E-state index in [1.54, 1.807) is 18.3 Å². The minimum Gasteiger partial charge on any atom is -0.325 e. The Hall–Kier alpha value is -2.03. The van der Waals surface area contributed by atoms with Crippen molar-refractivity contribution in [3.8, 4) is 6.07 Å². The fourth-order valence-electron chi connectivity index (χ4n) is 6.02. The number of hydrogen-bond donors (Lipinski definition) is 1. The second-order valence-electron chi connectivity index (χ2n) is 13.3. The van der Waals surface area contributed by atoms with Crippen LogP contribution in [0.5, 0.6) is 0 Å². The van der Waals surface area contributed by atoms with E-state index in [9.17, 15) is 0 Å². The molecule has 0 aromatic carbocycles. The Labute approximate surface area is 344 Å². The standard InChI is InChI=1S/C12H18N2S.C12H14N2S.C11H14ClNS.C6H5Cl2N/c2*13-7-11-6-5-10(8-14-11)9-15-12-3-1-2-4-12;12-11-6-5-9(7-13-11)8-14-10-3-1-2-4-10;7-3-5-1-2-6(8)9-4-5/h5-6,8,12H,1-4,7,9,13H2;5-6,8,12H,1-4,9H2;5-7,10H,1-4,8H2;1-2,4H,3H2. The van der Waals surface area contributed by atoms with E-state index in [0.29, 0.717) is 28.4 Å². The maximum absolute atomic E-state index is 8.61. The minimum absolute atomic E-state index is 0.490. The fourth-order valence-corrected chi connectivity index (χ4v) is 10.2. The highest BCUT2D eigenvalue weighted by Gasteiger charge is 2.16. The molecule has 4 aromatic rings. The molecule has 0 radical (unpaired) electrons. The summed E-state index contributed by atoms with van der Waals surface area (Å²) < 4.78 is 0. The second kappa shape index (κ2) is 25.9. The first-order valence-electron chi connectivity index (χ1n) is 18.5. The summed E-state index contributed by atoms with van der Waals surface area (Å²) in [6, 6.07) is 17.5. The van der Waals surface area contributed by atoms with Crippen molar-refractivity contribution in [2.75, 3.05) is 0 Å². The first kappa shape index (κ1) is 43.7. The number of halogens is 3. The van der Waals surface area contributed by atoms with Crippen LogP contribution in [0.3, 0.4) is 0 Å². The summed E-state index contributed by atoms with van der Waals surface area (Å²) in [5.74, 6) is 3.70. The summed E-state index contributed by atoms with van der Waals surface area (Å²) in [6.07, 6.45) is 24.1. The minimum atomic E-state index is 0.490. The third-order valence-corrected chi connectivity index (χ3v) is 14.2. The van der Waals surface area contributed by atoms with E-state index < -0.39 is 0 Å². The molecular weight excluding hydrogens is 779 g/mol. The van der Waals surface area contributed by atoms with Crippen LogP contribution < -0.4 is 5.73 Å². The molecule has 284 valence electrons. The van der Waals surface area contributed by atoms with Crippen molar-refractivity contribution in [1.29, 1.82) is 5.26 Å². The predicted octanol–water partition coefficient (Wildman–Crippen LogP) is 12.2. The number of thioether (sulfide) groups is 3. The molecule has 3 aliphatic carbocycles. The molecule has 0 atom stereocenters. The summed E-state index contributed by atoms with van der Waals surface area (Å²) in [4.78, 5) is 16.3. The predicted molar refractivity (Wildman–Crippen MR) is 230 cm³/mol. The van der Waals surface area contributed by atoms with E-state index in [1.807, 2.05) is 60.7 Å². The van der Waals surface area contributed by atoms with Crippen LogP contribution >= 0.6 is 70.1 Å². The quantitative estimate of drug-likeness (QED) is 0.117. The van der Waals surface area contributed by atoms with Crippen molar-refractivity contribution in [2.45, 2.75) is 122 Å². The lowest BCUT2D eigenvalue weighted by Gasteiger charge is -2.08. The van der Waals surface area contributed by atoms with Crippen LogP contribution in [0.4, 0.5) is 0 Å². The van der Waals surface area contributed by atoms with E-state index in [-0.39, 0.29) is 0 Å². The van der Waals surface area contributed by atoms with Crippen LogP contribution in [-0.2, 0) is 29.7 Å². The SMILES string of the molecule is ClCc1ccc(Cl)nc1.Clc1ccc(CSC2CCCC2)cn1.N#Cc1ccc(CSC2CCCC2)cn1.NCc1ccc(CSC2CCCC2)cn1. The Morgan fingerprint density at radius 1 is 0.566 bits per heavy atom. The molecule has 0 aliphatic heterocycles. The summed E-state index contributed by atoms with van der Waals surface area (Å²) in [5, 5.41) is 12.3. The first-order chi connectivity index (χ1) is 25.9. The number of aromatic nitrogens is 4. The van der Waals surface area contributed by atoms with Gasteiger partial charge in [0.15, 0.2) is 0 Å². The highest BCUT2D eigenvalue weighted by molar-refractivity contribution is 7.99. The zero-order valence-corrected chi connectivity index (χ0v) is 35.1. The smallest absolute Gasteiger partial charge is 0.140 e. The topological polar surface area (TPSA) is 101 Å². The van der Waals surface area contributed by atoms with Gasteiger partial charge in [0, 0.05) is 70.2 Å². The monoisotopic (exact) mass is 828 g/mol. The van der Waals surface area contributed by atoms with Gasteiger partial charge in [-0.05, 0) is 85.0 Å².